The number of hydrogen-bond donors (Lipinski definition) is 3. The fourth-order valence-corrected chi connectivity index (χ4v) is 13.4. The number of ketones is 1. The lowest BCUT2D eigenvalue weighted by molar-refractivity contribution is -0.144. The van der Waals surface area contributed by atoms with Gasteiger partial charge in [-0.3, -0.25) is 9.59 Å². The Morgan fingerprint density at radius 2 is 1.77 bits per heavy atom. The molecule has 7 nitrogen and oxygen atoms in total. The van der Waals surface area contributed by atoms with Crippen LogP contribution in [0.25, 0.3) is 16.5 Å². The number of amides is 1. The van der Waals surface area contributed by atoms with E-state index in [1.807, 2.05) is 43.3 Å². The van der Waals surface area contributed by atoms with Gasteiger partial charge in [0.25, 0.3) is 0 Å². The van der Waals surface area contributed by atoms with E-state index in [-0.39, 0.29) is 34.4 Å². The minimum atomic E-state index is -0.857. The first-order chi connectivity index (χ1) is 26.4. The van der Waals surface area contributed by atoms with Crippen LogP contribution >= 0.6 is 0 Å². The van der Waals surface area contributed by atoms with Crippen molar-refractivity contribution in [2.24, 2.45) is 28.6 Å². The zero-order valence-electron chi connectivity index (χ0n) is 34.3. The average molecular weight is 755 g/mol. The number of carbonyl (C=O) groups excluding carboxylic acids is 2. The summed E-state index contributed by atoms with van der Waals surface area (Å²) in [7, 11) is 0. The number of aliphatic hydroxyl groups is 2. The second-order valence-corrected chi connectivity index (χ2v) is 19.7. The van der Waals surface area contributed by atoms with Gasteiger partial charge in [0.1, 0.15) is 6.04 Å². The molecule has 4 aliphatic carbocycles. The summed E-state index contributed by atoms with van der Waals surface area (Å²) in [6.45, 7) is 22.2. The molecule has 7 heteroatoms. The van der Waals surface area contributed by atoms with Crippen LogP contribution in [0.2, 0.25) is 0 Å². The van der Waals surface area contributed by atoms with E-state index < -0.39 is 34.9 Å². The van der Waals surface area contributed by atoms with E-state index in [1.54, 1.807) is 12.2 Å². The summed E-state index contributed by atoms with van der Waals surface area (Å²) in [6, 6.07) is 11.6. The summed E-state index contributed by atoms with van der Waals surface area (Å²) in [5.74, 6) is 0.152. The maximum atomic E-state index is 14.9. The first-order valence-electron chi connectivity index (χ1n) is 20.8. The molecular weight excluding hydrogens is 697 g/mol. The van der Waals surface area contributed by atoms with E-state index in [4.69, 9.17) is 4.74 Å². The summed E-state index contributed by atoms with van der Waals surface area (Å²) in [6.07, 6.45) is 12.8. The van der Waals surface area contributed by atoms with Crippen molar-refractivity contribution in [1.29, 1.82) is 0 Å². The molecule has 294 valence electrons. The van der Waals surface area contributed by atoms with Gasteiger partial charge in [-0.25, -0.2) is 0 Å². The number of benzene rings is 2. The van der Waals surface area contributed by atoms with E-state index in [2.05, 4.69) is 83.1 Å². The van der Waals surface area contributed by atoms with E-state index in [9.17, 15) is 19.8 Å². The standard InChI is InChI=1S/C49H58N2O5/c1-27(2)40-43(55)38-37-30(33-25-45(3,4)56-46(5,6)39(33)42(37)54)24-31-32-23-29-18-19-34-47(7,21-14-13-17-36(53)50-26-28-15-11-10-12-16-28)35(52)20-22-48(34,8)49(29,9)44(32)51(40)41(31)38/h10-17,21,24-25,29,34-35,39-40,42,52,54H,1,18-20,22-23,26H2,2-9H3,(H,50,53)/b17-13+,21-14+/t29-,34-,35-,39+,40-,42+,47-,48-,49+/m0/s1. The molecule has 0 bridgehead atoms. The Bertz CT molecular complexity index is 2310. The molecule has 0 spiro atoms. The van der Waals surface area contributed by atoms with Crippen molar-refractivity contribution in [3.8, 4) is 0 Å². The minimum Gasteiger partial charge on any atom is -0.392 e. The first-order valence-corrected chi connectivity index (χ1v) is 20.8. The number of hydrogen-bond acceptors (Lipinski definition) is 5. The highest BCUT2D eigenvalue weighted by atomic mass is 16.5. The number of rotatable bonds is 6. The third-order valence-electron chi connectivity index (χ3n) is 15.7. The summed E-state index contributed by atoms with van der Waals surface area (Å²) < 4.78 is 8.91. The van der Waals surface area contributed by atoms with Gasteiger partial charge in [-0.05, 0) is 118 Å². The first kappa shape index (κ1) is 37.5. The molecule has 0 radical (unpaired) electrons. The Balaban J connectivity index is 1.13. The third kappa shape index (κ3) is 4.92. The van der Waals surface area contributed by atoms with Crippen molar-refractivity contribution < 1.29 is 24.5 Å². The lowest BCUT2D eigenvalue weighted by Crippen LogP contribution is -2.62. The highest BCUT2D eigenvalue weighted by molar-refractivity contribution is 6.18. The Morgan fingerprint density at radius 3 is 2.48 bits per heavy atom. The maximum Gasteiger partial charge on any atom is 0.244 e. The number of carbonyl (C=O) groups is 2. The molecule has 2 saturated carbocycles. The van der Waals surface area contributed by atoms with Crippen molar-refractivity contribution in [3.63, 3.8) is 0 Å². The highest BCUT2D eigenvalue weighted by Gasteiger charge is 2.67. The lowest BCUT2D eigenvalue weighted by atomic mass is 9.40. The molecule has 9 atom stereocenters. The van der Waals surface area contributed by atoms with Crippen molar-refractivity contribution >= 4 is 28.2 Å². The van der Waals surface area contributed by atoms with Crippen molar-refractivity contribution in [2.75, 3.05) is 0 Å². The molecule has 0 saturated heterocycles. The molecule has 9 rings (SSSR count). The molecule has 1 amide bonds. The van der Waals surface area contributed by atoms with Gasteiger partial charge in [0, 0.05) is 46.0 Å². The van der Waals surface area contributed by atoms with Crippen LogP contribution in [0.1, 0.15) is 132 Å². The van der Waals surface area contributed by atoms with E-state index in [1.165, 1.54) is 11.3 Å². The number of nitrogens with zero attached hydrogens (tertiary/aromatic N) is 1. The zero-order valence-corrected chi connectivity index (χ0v) is 34.3. The largest absolute Gasteiger partial charge is 0.392 e. The number of ether oxygens (including phenoxy) is 1. The van der Waals surface area contributed by atoms with Crippen LogP contribution in [0.3, 0.4) is 0 Å². The van der Waals surface area contributed by atoms with Crippen molar-refractivity contribution in [3.05, 3.63) is 112 Å². The van der Waals surface area contributed by atoms with Gasteiger partial charge in [0.05, 0.1) is 34.5 Å². The third-order valence-corrected chi connectivity index (χ3v) is 15.7. The van der Waals surface area contributed by atoms with Gasteiger partial charge in [0.15, 0.2) is 5.78 Å². The molecule has 56 heavy (non-hydrogen) atoms. The topological polar surface area (TPSA) is 101 Å². The predicted molar refractivity (Wildman–Crippen MR) is 221 cm³/mol. The van der Waals surface area contributed by atoms with Gasteiger partial charge in [0.2, 0.25) is 5.91 Å². The van der Waals surface area contributed by atoms with Crippen LogP contribution in [0, 0.1) is 28.6 Å². The maximum absolute atomic E-state index is 14.9. The number of Topliss-reactive ketones (excluding diaryl/α,β-unsaturated/α-hetero) is 1. The molecule has 2 fully saturated rings. The van der Waals surface area contributed by atoms with Crippen LogP contribution in [0.4, 0.5) is 0 Å². The molecule has 3 N–H and O–H groups in total. The smallest absolute Gasteiger partial charge is 0.244 e. The normalized spacial score (nSPS) is 36.0. The van der Waals surface area contributed by atoms with Gasteiger partial charge >= 0.3 is 0 Å². The second-order valence-electron chi connectivity index (χ2n) is 19.7. The van der Waals surface area contributed by atoms with E-state index in [0.29, 0.717) is 24.4 Å². The fourth-order valence-electron chi connectivity index (χ4n) is 13.4. The molecule has 0 unspecified atom stereocenters. The Kier molecular flexibility index (Phi) is 8.20. The quantitative estimate of drug-likeness (QED) is 0.133. The number of fused-ring (bicyclic) bond motifs is 11. The molecule has 6 aliphatic rings. The monoisotopic (exact) mass is 754 g/mol. The van der Waals surface area contributed by atoms with Crippen molar-refractivity contribution in [2.45, 2.75) is 129 Å². The Hall–Kier alpha value is -4.04. The number of aliphatic hydroxyl groups excluding tert-OH is 2. The fraction of sp³-hybridized carbons (Fsp3) is 0.510. The molecule has 3 heterocycles. The Labute approximate surface area is 331 Å². The van der Waals surface area contributed by atoms with Crippen LogP contribution in [0.5, 0.6) is 0 Å². The van der Waals surface area contributed by atoms with E-state index in [0.717, 1.165) is 64.4 Å². The van der Waals surface area contributed by atoms with Gasteiger partial charge in [-0.15, -0.1) is 0 Å². The molecule has 2 aliphatic heterocycles. The minimum absolute atomic E-state index is 0.0319. The second kappa shape index (κ2) is 12.2. The summed E-state index contributed by atoms with van der Waals surface area (Å²) in [5, 5.41) is 28.1. The molecule has 1 aromatic heterocycles. The number of aromatic nitrogens is 1. The SMILES string of the molecule is C=C(C)[C@H]1C(=O)c2c3c(cc4c5c(n1c24)[C@@]1(C)[C@@H](CC[C@H]2[C@](C)(/C=C/C=C/C(=O)NCc4ccccc4)[C@@H](O)CC[C@@]21C)C5)C1=CC(C)(C)OC(C)(C)[C@H]1[C@@H]3O. The van der Waals surface area contributed by atoms with Gasteiger partial charge in [-0.2, -0.15) is 0 Å². The number of allylic oxidation sites excluding steroid dienone is 3. The van der Waals surface area contributed by atoms with Crippen LogP contribution < -0.4 is 5.32 Å². The summed E-state index contributed by atoms with van der Waals surface area (Å²) in [5.41, 5.74) is 6.78. The van der Waals surface area contributed by atoms with Crippen LogP contribution in [-0.2, 0) is 27.9 Å². The predicted octanol–water partition coefficient (Wildman–Crippen LogP) is 9.02. The number of nitrogens with one attached hydrogen (secondary N) is 1. The summed E-state index contributed by atoms with van der Waals surface area (Å²) in [4.78, 5) is 27.6. The highest BCUT2D eigenvalue weighted by Crippen LogP contribution is 2.71. The molecule has 3 aromatic rings. The molecular formula is C49H58N2O5. The zero-order chi connectivity index (χ0) is 39.9. The van der Waals surface area contributed by atoms with Crippen LogP contribution in [0.15, 0.2) is 78.9 Å². The molecule has 2 aromatic carbocycles. The lowest BCUT2D eigenvalue weighted by Gasteiger charge is -2.64. The summed E-state index contributed by atoms with van der Waals surface area (Å²) >= 11 is 0. The van der Waals surface area contributed by atoms with Gasteiger partial charge in [-0.1, -0.05) is 81.5 Å². The van der Waals surface area contributed by atoms with E-state index >= 15 is 0 Å². The Morgan fingerprint density at radius 1 is 1.04 bits per heavy atom. The van der Waals surface area contributed by atoms with Crippen LogP contribution in [-0.4, -0.2) is 43.8 Å². The van der Waals surface area contributed by atoms with Gasteiger partial charge < -0.3 is 24.8 Å². The van der Waals surface area contributed by atoms with Crippen molar-refractivity contribution in [1.82, 2.24) is 9.88 Å². The average Bonchev–Trinajstić information content (AvgIpc) is 3.80.